The zero-order chi connectivity index (χ0) is 13.4. The predicted molar refractivity (Wildman–Crippen MR) is 69.1 cm³/mol. The van der Waals surface area contributed by atoms with Crippen molar-refractivity contribution in [3.8, 4) is 0 Å². The molecule has 4 atom stereocenters. The molecule has 5 nitrogen and oxygen atoms in total. The van der Waals surface area contributed by atoms with Gasteiger partial charge in [-0.05, 0) is 13.0 Å². The highest BCUT2D eigenvalue weighted by Gasteiger charge is 2.36. The standard InChI is InChI=1S/C13H27NO4/c1-2-3-4-5-6-7-8-14-13-12(17)11(16)10(15)9-18-13/h10-17H,2-9H2,1H3. The fourth-order valence-electron chi connectivity index (χ4n) is 2.14. The normalized spacial score (nSPS) is 32.7. The largest absolute Gasteiger partial charge is 0.388 e. The van der Waals surface area contributed by atoms with Crippen molar-refractivity contribution in [1.82, 2.24) is 5.32 Å². The monoisotopic (exact) mass is 261 g/mol. The maximum Gasteiger partial charge on any atom is 0.137 e. The summed E-state index contributed by atoms with van der Waals surface area (Å²) < 4.78 is 5.25. The van der Waals surface area contributed by atoms with Crippen LogP contribution in [-0.4, -0.2) is 53.0 Å². The first-order valence-electron chi connectivity index (χ1n) is 7.06. The summed E-state index contributed by atoms with van der Waals surface area (Å²) in [4.78, 5) is 0. The molecule has 0 aromatic rings. The molecule has 0 aromatic heterocycles. The van der Waals surface area contributed by atoms with E-state index in [4.69, 9.17) is 4.74 Å². The lowest BCUT2D eigenvalue weighted by Crippen LogP contribution is -2.57. The van der Waals surface area contributed by atoms with E-state index in [1.807, 2.05) is 0 Å². The number of hydrogen-bond donors (Lipinski definition) is 4. The van der Waals surface area contributed by atoms with Gasteiger partial charge in [-0.1, -0.05) is 39.0 Å². The Labute approximate surface area is 109 Å². The van der Waals surface area contributed by atoms with Crippen LogP contribution in [0.15, 0.2) is 0 Å². The van der Waals surface area contributed by atoms with Crippen LogP contribution in [0.4, 0.5) is 0 Å². The van der Waals surface area contributed by atoms with Crippen LogP contribution in [-0.2, 0) is 4.74 Å². The number of ether oxygens (including phenoxy) is 1. The van der Waals surface area contributed by atoms with Gasteiger partial charge in [0.2, 0.25) is 0 Å². The third kappa shape index (κ3) is 5.20. The van der Waals surface area contributed by atoms with E-state index in [1.165, 1.54) is 32.1 Å². The first kappa shape index (κ1) is 15.9. The van der Waals surface area contributed by atoms with E-state index in [2.05, 4.69) is 12.2 Å². The molecule has 1 aliphatic heterocycles. The molecule has 1 aliphatic rings. The molecule has 0 aromatic carbocycles. The van der Waals surface area contributed by atoms with Crippen LogP contribution in [0, 0.1) is 0 Å². The molecule has 0 saturated carbocycles. The first-order chi connectivity index (χ1) is 8.66. The zero-order valence-electron chi connectivity index (χ0n) is 11.2. The van der Waals surface area contributed by atoms with Gasteiger partial charge < -0.3 is 20.1 Å². The summed E-state index contributed by atoms with van der Waals surface area (Å²) in [5.74, 6) is 0. The van der Waals surface area contributed by atoms with E-state index < -0.39 is 24.5 Å². The van der Waals surface area contributed by atoms with Crippen LogP contribution < -0.4 is 5.32 Å². The summed E-state index contributed by atoms with van der Waals surface area (Å²) in [5.41, 5.74) is 0. The second-order valence-electron chi connectivity index (χ2n) is 5.02. The summed E-state index contributed by atoms with van der Waals surface area (Å²) in [6.45, 7) is 3.02. The number of aliphatic hydroxyl groups is 3. The van der Waals surface area contributed by atoms with Crippen molar-refractivity contribution in [2.75, 3.05) is 13.2 Å². The van der Waals surface area contributed by atoms with Gasteiger partial charge >= 0.3 is 0 Å². The van der Waals surface area contributed by atoms with Crippen molar-refractivity contribution in [2.45, 2.75) is 70.0 Å². The molecular weight excluding hydrogens is 234 g/mol. The van der Waals surface area contributed by atoms with Gasteiger partial charge in [0.25, 0.3) is 0 Å². The molecule has 5 heteroatoms. The fraction of sp³-hybridized carbons (Fsp3) is 1.00. The summed E-state index contributed by atoms with van der Waals surface area (Å²) in [6.07, 6.45) is 3.52. The Morgan fingerprint density at radius 2 is 1.67 bits per heavy atom. The van der Waals surface area contributed by atoms with Crippen LogP contribution in [0.3, 0.4) is 0 Å². The Kier molecular flexibility index (Phi) is 7.77. The summed E-state index contributed by atoms with van der Waals surface area (Å²) in [6, 6.07) is 0. The Bertz CT molecular complexity index is 215. The molecule has 1 heterocycles. The van der Waals surface area contributed by atoms with E-state index in [-0.39, 0.29) is 6.61 Å². The molecule has 0 radical (unpaired) electrons. The maximum atomic E-state index is 9.68. The highest BCUT2D eigenvalue weighted by Crippen LogP contribution is 2.13. The van der Waals surface area contributed by atoms with E-state index in [0.717, 1.165) is 13.0 Å². The predicted octanol–water partition coefficient (Wildman–Crippen LogP) is 0.376. The lowest BCUT2D eigenvalue weighted by atomic mass is 10.0. The van der Waals surface area contributed by atoms with E-state index in [0.29, 0.717) is 0 Å². The third-order valence-corrected chi connectivity index (χ3v) is 3.38. The molecule has 4 N–H and O–H groups in total. The summed E-state index contributed by atoms with van der Waals surface area (Å²) in [7, 11) is 0. The minimum atomic E-state index is -1.12. The molecule has 4 unspecified atom stereocenters. The second-order valence-corrected chi connectivity index (χ2v) is 5.02. The molecule has 1 saturated heterocycles. The number of aliphatic hydroxyl groups excluding tert-OH is 3. The van der Waals surface area contributed by atoms with Crippen molar-refractivity contribution >= 4 is 0 Å². The van der Waals surface area contributed by atoms with Crippen molar-refractivity contribution in [3.05, 3.63) is 0 Å². The van der Waals surface area contributed by atoms with Crippen molar-refractivity contribution in [1.29, 1.82) is 0 Å². The van der Waals surface area contributed by atoms with Crippen molar-refractivity contribution in [3.63, 3.8) is 0 Å². The van der Waals surface area contributed by atoms with E-state index >= 15 is 0 Å². The molecule has 1 fully saturated rings. The van der Waals surface area contributed by atoms with Crippen LogP contribution in [0.5, 0.6) is 0 Å². The maximum absolute atomic E-state index is 9.68. The Morgan fingerprint density at radius 3 is 2.39 bits per heavy atom. The van der Waals surface area contributed by atoms with Gasteiger partial charge in [-0.15, -0.1) is 0 Å². The van der Waals surface area contributed by atoms with Gasteiger partial charge in [-0.2, -0.15) is 0 Å². The summed E-state index contributed by atoms with van der Waals surface area (Å²) >= 11 is 0. The van der Waals surface area contributed by atoms with Gasteiger partial charge in [-0.25, -0.2) is 0 Å². The lowest BCUT2D eigenvalue weighted by molar-refractivity contribution is -0.195. The van der Waals surface area contributed by atoms with E-state index in [1.54, 1.807) is 0 Å². The van der Waals surface area contributed by atoms with Gasteiger partial charge in [0.1, 0.15) is 24.5 Å². The van der Waals surface area contributed by atoms with Crippen LogP contribution in [0.1, 0.15) is 45.4 Å². The second kappa shape index (κ2) is 8.82. The average Bonchev–Trinajstić information content (AvgIpc) is 2.37. The third-order valence-electron chi connectivity index (χ3n) is 3.38. The summed E-state index contributed by atoms with van der Waals surface area (Å²) in [5, 5.41) is 31.5. The number of hydrogen-bond acceptors (Lipinski definition) is 5. The Hall–Kier alpha value is -0.200. The minimum absolute atomic E-state index is 0.0619. The fourth-order valence-corrected chi connectivity index (χ4v) is 2.14. The van der Waals surface area contributed by atoms with Gasteiger partial charge in [-0.3, -0.25) is 5.32 Å². The number of rotatable bonds is 8. The van der Waals surface area contributed by atoms with Crippen molar-refractivity contribution < 1.29 is 20.1 Å². The molecule has 1 rings (SSSR count). The number of nitrogens with one attached hydrogen (secondary N) is 1. The Morgan fingerprint density at radius 1 is 1.00 bits per heavy atom. The molecule has 18 heavy (non-hydrogen) atoms. The molecule has 0 amide bonds. The van der Waals surface area contributed by atoms with Crippen LogP contribution in [0.2, 0.25) is 0 Å². The van der Waals surface area contributed by atoms with Crippen LogP contribution in [0.25, 0.3) is 0 Å². The highest BCUT2D eigenvalue weighted by atomic mass is 16.5. The average molecular weight is 261 g/mol. The van der Waals surface area contributed by atoms with Gasteiger partial charge in [0.05, 0.1) is 6.61 Å². The van der Waals surface area contributed by atoms with E-state index in [9.17, 15) is 15.3 Å². The molecule has 0 aliphatic carbocycles. The minimum Gasteiger partial charge on any atom is -0.388 e. The zero-order valence-corrected chi connectivity index (χ0v) is 11.2. The van der Waals surface area contributed by atoms with Gasteiger partial charge in [0.15, 0.2) is 0 Å². The van der Waals surface area contributed by atoms with Crippen LogP contribution >= 0.6 is 0 Å². The highest BCUT2D eigenvalue weighted by molar-refractivity contribution is 4.85. The molecule has 0 bridgehead atoms. The van der Waals surface area contributed by atoms with Crippen molar-refractivity contribution in [2.24, 2.45) is 0 Å². The molecule has 0 spiro atoms. The lowest BCUT2D eigenvalue weighted by Gasteiger charge is -2.35. The quantitative estimate of drug-likeness (QED) is 0.475. The number of unbranched alkanes of at least 4 members (excludes halogenated alkanes) is 5. The van der Waals surface area contributed by atoms with Gasteiger partial charge in [0, 0.05) is 0 Å². The smallest absolute Gasteiger partial charge is 0.137 e. The SMILES string of the molecule is CCCCCCCCNC1OCC(O)C(O)C1O. The topological polar surface area (TPSA) is 82.0 Å². The first-order valence-corrected chi connectivity index (χ1v) is 7.06. The Balaban J connectivity index is 2.05. The molecule has 108 valence electrons. The molecular formula is C13H27NO4.